The van der Waals surface area contributed by atoms with Crippen LogP contribution in [0.1, 0.15) is 56.1 Å². The number of hydrogen-bond donors (Lipinski definition) is 3. The molecule has 176 valence electrons. The standard InChI is InChI=1S/C26H34N4O3/c27-22(31)26-11-16-9-19(12-26)21(20(10-16)13-26)29-23(32)25(6-7-25)15-28-24(33)30-8-5-17-3-1-2-4-18(17)14-30/h1-4,16,19-21H,5-15H2,(H2,27,31)(H,28,33)(H,29,32). The molecule has 4 N–H and O–H groups in total. The quantitative estimate of drug-likeness (QED) is 0.641. The number of fused-ring (bicyclic) bond motifs is 1. The molecule has 6 aliphatic rings. The number of nitrogens with zero attached hydrogens (tertiary/aromatic N) is 1. The molecular weight excluding hydrogens is 416 g/mol. The number of nitrogens with one attached hydrogen (secondary N) is 2. The van der Waals surface area contributed by atoms with Gasteiger partial charge in [0.05, 0.1) is 5.41 Å². The molecule has 1 aromatic carbocycles. The van der Waals surface area contributed by atoms with E-state index in [4.69, 9.17) is 5.73 Å². The van der Waals surface area contributed by atoms with Gasteiger partial charge in [-0.25, -0.2) is 4.79 Å². The fraction of sp³-hybridized carbons (Fsp3) is 0.654. The van der Waals surface area contributed by atoms with E-state index in [1.54, 1.807) is 0 Å². The summed E-state index contributed by atoms with van der Waals surface area (Å²) in [5.41, 5.74) is 7.51. The third-order valence-corrected chi connectivity index (χ3v) is 9.42. The minimum Gasteiger partial charge on any atom is -0.369 e. The van der Waals surface area contributed by atoms with Crippen molar-refractivity contribution in [3.63, 3.8) is 0 Å². The predicted molar refractivity (Wildman–Crippen MR) is 123 cm³/mol. The van der Waals surface area contributed by atoms with E-state index in [1.165, 1.54) is 11.1 Å². The van der Waals surface area contributed by atoms with Crippen LogP contribution in [-0.2, 0) is 22.6 Å². The van der Waals surface area contributed by atoms with Gasteiger partial charge in [-0.15, -0.1) is 0 Å². The molecule has 33 heavy (non-hydrogen) atoms. The number of carbonyl (C=O) groups is 3. The fourth-order valence-corrected chi connectivity index (χ4v) is 7.53. The summed E-state index contributed by atoms with van der Waals surface area (Å²) < 4.78 is 0. The highest BCUT2D eigenvalue weighted by Crippen LogP contribution is 2.60. The molecule has 1 aromatic rings. The van der Waals surface area contributed by atoms with Gasteiger partial charge in [-0.2, -0.15) is 0 Å². The molecule has 2 atom stereocenters. The van der Waals surface area contributed by atoms with Crippen LogP contribution in [0.4, 0.5) is 4.79 Å². The molecular formula is C26H34N4O3. The first-order chi connectivity index (χ1) is 15.9. The van der Waals surface area contributed by atoms with Crippen LogP contribution in [0.25, 0.3) is 0 Å². The molecule has 0 spiro atoms. The zero-order valence-corrected chi connectivity index (χ0v) is 19.1. The maximum Gasteiger partial charge on any atom is 0.317 e. The lowest BCUT2D eigenvalue weighted by Gasteiger charge is -2.59. The minimum absolute atomic E-state index is 0.0809. The van der Waals surface area contributed by atoms with Gasteiger partial charge in [-0.1, -0.05) is 24.3 Å². The molecule has 7 rings (SSSR count). The van der Waals surface area contributed by atoms with Crippen molar-refractivity contribution in [1.82, 2.24) is 15.5 Å². The Morgan fingerprint density at radius 2 is 1.73 bits per heavy atom. The molecule has 1 aliphatic heterocycles. The van der Waals surface area contributed by atoms with Gasteiger partial charge in [-0.3, -0.25) is 9.59 Å². The summed E-state index contributed by atoms with van der Waals surface area (Å²) in [6.45, 7) is 1.72. The Bertz CT molecular complexity index is 987. The van der Waals surface area contributed by atoms with Crippen LogP contribution in [-0.4, -0.2) is 41.9 Å². The van der Waals surface area contributed by atoms with Gasteiger partial charge < -0.3 is 21.3 Å². The third-order valence-electron chi connectivity index (χ3n) is 9.42. The molecule has 7 nitrogen and oxygen atoms in total. The summed E-state index contributed by atoms with van der Waals surface area (Å²) in [6, 6.07) is 8.33. The molecule has 5 fully saturated rings. The van der Waals surface area contributed by atoms with Gasteiger partial charge in [0.2, 0.25) is 11.8 Å². The predicted octanol–water partition coefficient (Wildman–Crippen LogP) is 2.33. The Morgan fingerprint density at radius 3 is 2.39 bits per heavy atom. The second-order valence-electron chi connectivity index (χ2n) is 11.5. The van der Waals surface area contributed by atoms with E-state index in [0.717, 1.165) is 51.4 Å². The van der Waals surface area contributed by atoms with E-state index in [2.05, 4.69) is 22.8 Å². The van der Waals surface area contributed by atoms with Crippen molar-refractivity contribution in [2.75, 3.05) is 13.1 Å². The lowest BCUT2D eigenvalue weighted by Crippen LogP contribution is -2.62. The smallest absolute Gasteiger partial charge is 0.317 e. The maximum absolute atomic E-state index is 13.3. The van der Waals surface area contributed by atoms with Crippen LogP contribution in [0.3, 0.4) is 0 Å². The highest BCUT2D eigenvalue weighted by molar-refractivity contribution is 5.87. The number of nitrogens with two attached hydrogens (primary N) is 1. The van der Waals surface area contributed by atoms with Crippen LogP contribution in [0, 0.1) is 28.6 Å². The zero-order valence-electron chi connectivity index (χ0n) is 19.1. The van der Waals surface area contributed by atoms with E-state index < -0.39 is 5.41 Å². The molecule has 5 saturated carbocycles. The van der Waals surface area contributed by atoms with E-state index in [-0.39, 0.29) is 29.3 Å². The van der Waals surface area contributed by atoms with Gasteiger partial charge in [0.15, 0.2) is 0 Å². The first kappa shape index (κ1) is 21.0. The lowest BCUT2D eigenvalue weighted by atomic mass is 9.47. The molecule has 4 amide bonds. The second kappa shape index (κ2) is 7.47. The zero-order chi connectivity index (χ0) is 22.8. The van der Waals surface area contributed by atoms with Crippen molar-refractivity contribution in [1.29, 1.82) is 0 Å². The highest BCUT2D eigenvalue weighted by Gasteiger charge is 2.59. The molecule has 0 radical (unpaired) electrons. The summed E-state index contributed by atoms with van der Waals surface area (Å²) >= 11 is 0. The first-order valence-corrected chi connectivity index (χ1v) is 12.6. The highest BCUT2D eigenvalue weighted by atomic mass is 16.2. The van der Waals surface area contributed by atoms with Crippen molar-refractivity contribution in [3.05, 3.63) is 35.4 Å². The minimum atomic E-state index is -0.473. The topological polar surface area (TPSA) is 105 Å². The molecule has 0 aromatic heterocycles. The van der Waals surface area contributed by atoms with E-state index >= 15 is 0 Å². The van der Waals surface area contributed by atoms with Gasteiger partial charge >= 0.3 is 6.03 Å². The van der Waals surface area contributed by atoms with Crippen LogP contribution in [0.5, 0.6) is 0 Å². The van der Waals surface area contributed by atoms with Crippen molar-refractivity contribution in [2.45, 2.75) is 64.0 Å². The SMILES string of the molecule is NC(=O)C12CC3CC(C1)C(NC(=O)C1(CNC(=O)N4CCc5ccccc5C4)CC1)C(C3)C2. The number of rotatable bonds is 5. The molecule has 7 heteroatoms. The summed E-state index contributed by atoms with van der Waals surface area (Å²) in [6.07, 6.45) is 7.27. The summed E-state index contributed by atoms with van der Waals surface area (Å²) in [5.74, 6) is 1.22. The Morgan fingerprint density at radius 1 is 1.03 bits per heavy atom. The normalized spacial score (nSPS) is 35.0. The van der Waals surface area contributed by atoms with Gasteiger partial charge in [0.1, 0.15) is 0 Å². The van der Waals surface area contributed by atoms with Crippen LogP contribution < -0.4 is 16.4 Å². The molecule has 0 saturated heterocycles. The first-order valence-electron chi connectivity index (χ1n) is 12.6. The van der Waals surface area contributed by atoms with Crippen molar-refractivity contribution in [3.8, 4) is 0 Å². The van der Waals surface area contributed by atoms with Crippen molar-refractivity contribution in [2.24, 2.45) is 34.3 Å². The average Bonchev–Trinajstić information content (AvgIpc) is 3.60. The lowest BCUT2D eigenvalue weighted by molar-refractivity contribution is -0.148. The Kier molecular flexibility index (Phi) is 4.75. The maximum atomic E-state index is 13.3. The fourth-order valence-electron chi connectivity index (χ4n) is 7.53. The van der Waals surface area contributed by atoms with E-state index in [0.29, 0.717) is 37.4 Å². The number of urea groups is 1. The number of primary amides is 1. The average molecular weight is 451 g/mol. The van der Waals surface area contributed by atoms with E-state index in [1.807, 2.05) is 17.0 Å². The van der Waals surface area contributed by atoms with Crippen molar-refractivity contribution < 1.29 is 14.4 Å². The van der Waals surface area contributed by atoms with Crippen LogP contribution >= 0.6 is 0 Å². The van der Waals surface area contributed by atoms with Gasteiger partial charge in [0.25, 0.3) is 0 Å². The third kappa shape index (κ3) is 3.51. The van der Waals surface area contributed by atoms with Crippen LogP contribution in [0.15, 0.2) is 24.3 Å². The summed E-state index contributed by atoms with van der Waals surface area (Å²) in [7, 11) is 0. The number of benzene rings is 1. The van der Waals surface area contributed by atoms with Crippen molar-refractivity contribution >= 4 is 17.8 Å². The Balaban J connectivity index is 1.06. The van der Waals surface area contributed by atoms with Crippen LogP contribution in [0.2, 0.25) is 0 Å². The number of carbonyl (C=O) groups excluding carboxylic acids is 3. The second-order valence-corrected chi connectivity index (χ2v) is 11.5. The van der Waals surface area contributed by atoms with E-state index in [9.17, 15) is 14.4 Å². The molecule has 2 unspecified atom stereocenters. The van der Waals surface area contributed by atoms with Gasteiger partial charge in [-0.05, 0) is 80.2 Å². The summed E-state index contributed by atoms with van der Waals surface area (Å²) in [4.78, 5) is 40.2. The largest absolute Gasteiger partial charge is 0.369 e. The number of amides is 4. The molecule has 1 heterocycles. The summed E-state index contributed by atoms with van der Waals surface area (Å²) in [5, 5.41) is 6.44. The Hall–Kier alpha value is -2.57. The Labute approximate surface area is 194 Å². The molecule has 5 aliphatic carbocycles. The van der Waals surface area contributed by atoms with Gasteiger partial charge in [0, 0.05) is 31.1 Å². The molecule has 4 bridgehead atoms. The number of hydrogen-bond acceptors (Lipinski definition) is 3. The monoisotopic (exact) mass is 450 g/mol.